The molecular formula is C13H19N5. The maximum Gasteiger partial charge on any atom is 0.183 e. The summed E-state index contributed by atoms with van der Waals surface area (Å²) in [5.41, 5.74) is 7.27. The Hall–Kier alpha value is -1.65. The van der Waals surface area contributed by atoms with Gasteiger partial charge in [-0.25, -0.2) is 15.0 Å². The number of nitrogens with zero attached hydrogens (tertiary/aromatic N) is 3. The molecule has 1 aliphatic carbocycles. The van der Waals surface area contributed by atoms with Gasteiger partial charge < -0.3 is 10.7 Å². The Balaban J connectivity index is 1.79. The largest absolute Gasteiger partial charge is 0.382 e. The summed E-state index contributed by atoms with van der Waals surface area (Å²) < 4.78 is 0. The van der Waals surface area contributed by atoms with Crippen molar-refractivity contribution in [3.8, 4) is 0 Å². The summed E-state index contributed by atoms with van der Waals surface area (Å²) in [4.78, 5) is 15.9. The number of nitrogen functional groups attached to an aromatic ring is 1. The number of nitrogens with one attached hydrogen (secondary N) is 1. The van der Waals surface area contributed by atoms with Gasteiger partial charge in [-0.15, -0.1) is 0 Å². The van der Waals surface area contributed by atoms with E-state index in [1.165, 1.54) is 44.9 Å². The van der Waals surface area contributed by atoms with Crippen LogP contribution in [-0.4, -0.2) is 19.9 Å². The van der Waals surface area contributed by atoms with Crippen molar-refractivity contribution in [3.05, 3.63) is 12.2 Å². The smallest absolute Gasteiger partial charge is 0.183 e. The number of H-pyrrole nitrogens is 1. The number of aromatic amines is 1. The third kappa shape index (κ3) is 2.30. The van der Waals surface area contributed by atoms with Crippen LogP contribution in [0.5, 0.6) is 0 Å². The van der Waals surface area contributed by atoms with Gasteiger partial charge in [0.15, 0.2) is 11.5 Å². The van der Waals surface area contributed by atoms with Crippen molar-refractivity contribution < 1.29 is 0 Å². The summed E-state index contributed by atoms with van der Waals surface area (Å²) in [7, 11) is 0. The number of anilines is 1. The van der Waals surface area contributed by atoms with E-state index in [4.69, 9.17) is 5.73 Å². The Morgan fingerprint density at radius 3 is 2.67 bits per heavy atom. The zero-order valence-corrected chi connectivity index (χ0v) is 10.5. The normalized spacial score (nSPS) is 18.0. The molecule has 0 amide bonds. The second-order valence-electron chi connectivity index (χ2n) is 5.20. The summed E-state index contributed by atoms with van der Waals surface area (Å²) in [6, 6.07) is 0. The van der Waals surface area contributed by atoms with Crippen LogP contribution in [0.25, 0.3) is 11.2 Å². The first-order chi connectivity index (χ1) is 8.83. The van der Waals surface area contributed by atoms with Crippen LogP contribution in [0.1, 0.15) is 44.3 Å². The number of hydrogen-bond acceptors (Lipinski definition) is 4. The van der Waals surface area contributed by atoms with Crippen molar-refractivity contribution in [1.29, 1.82) is 0 Å². The molecular weight excluding hydrogens is 226 g/mol. The summed E-state index contributed by atoms with van der Waals surface area (Å²) in [5.74, 6) is 2.24. The van der Waals surface area contributed by atoms with Crippen LogP contribution in [-0.2, 0) is 6.42 Å². The van der Waals surface area contributed by atoms with Crippen LogP contribution in [0.4, 0.5) is 5.82 Å². The molecule has 0 bridgehead atoms. The fourth-order valence-corrected chi connectivity index (χ4v) is 2.83. The highest BCUT2D eigenvalue weighted by Gasteiger charge is 2.15. The van der Waals surface area contributed by atoms with E-state index >= 15 is 0 Å². The molecule has 18 heavy (non-hydrogen) atoms. The van der Waals surface area contributed by atoms with E-state index in [0.29, 0.717) is 11.5 Å². The summed E-state index contributed by atoms with van der Waals surface area (Å²) in [6.45, 7) is 0. The molecule has 1 saturated carbocycles. The van der Waals surface area contributed by atoms with Crippen LogP contribution in [0.15, 0.2) is 6.33 Å². The average molecular weight is 245 g/mol. The molecule has 5 heteroatoms. The molecule has 0 radical (unpaired) electrons. The minimum Gasteiger partial charge on any atom is -0.382 e. The van der Waals surface area contributed by atoms with E-state index < -0.39 is 0 Å². The second kappa shape index (κ2) is 4.92. The highest BCUT2D eigenvalue weighted by Crippen LogP contribution is 2.26. The fourth-order valence-electron chi connectivity index (χ4n) is 2.83. The standard InChI is InChI=1S/C13H19N5/c14-12-11-13(16-8-15-12)18-10(17-11)7-9-5-3-1-2-4-6-9/h8-9H,1-7H2,(H3,14,15,16,17,18). The van der Waals surface area contributed by atoms with E-state index in [9.17, 15) is 0 Å². The van der Waals surface area contributed by atoms with Crippen LogP contribution < -0.4 is 5.73 Å². The van der Waals surface area contributed by atoms with E-state index in [1.807, 2.05) is 0 Å². The molecule has 0 saturated heterocycles. The van der Waals surface area contributed by atoms with Crippen molar-refractivity contribution in [2.45, 2.75) is 44.9 Å². The zero-order valence-electron chi connectivity index (χ0n) is 10.5. The predicted octanol–water partition coefficient (Wildman–Crippen LogP) is 2.45. The molecule has 3 N–H and O–H groups in total. The summed E-state index contributed by atoms with van der Waals surface area (Å²) in [5, 5.41) is 0. The second-order valence-corrected chi connectivity index (χ2v) is 5.20. The van der Waals surface area contributed by atoms with Gasteiger partial charge in [0, 0.05) is 6.42 Å². The first kappa shape index (κ1) is 11.4. The highest BCUT2D eigenvalue weighted by atomic mass is 15.0. The lowest BCUT2D eigenvalue weighted by Gasteiger charge is -2.11. The molecule has 2 aromatic heterocycles. The first-order valence-electron chi connectivity index (χ1n) is 6.78. The SMILES string of the molecule is Nc1ncnc2nc(CC3CCCCCC3)[nH]c12. The van der Waals surface area contributed by atoms with E-state index in [1.54, 1.807) is 0 Å². The maximum absolute atomic E-state index is 5.81. The van der Waals surface area contributed by atoms with Crippen LogP contribution >= 0.6 is 0 Å². The van der Waals surface area contributed by atoms with Crippen molar-refractivity contribution >= 4 is 17.0 Å². The molecule has 0 aromatic carbocycles. The first-order valence-corrected chi connectivity index (χ1v) is 6.78. The Morgan fingerprint density at radius 1 is 1.17 bits per heavy atom. The Bertz CT molecular complexity index is 525. The number of nitrogens with two attached hydrogens (primary N) is 1. The van der Waals surface area contributed by atoms with E-state index in [2.05, 4.69) is 19.9 Å². The Labute approximate surface area is 106 Å². The molecule has 96 valence electrons. The van der Waals surface area contributed by atoms with E-state index in [0.717, 1.165) is 23.7 Å². The molecule has 1 fully saturated rings. The summed E-state index contributed by atoms with van der Waals surface area (Å²) in [6.07, 6.45) is 10.6. The van der Waals surface area contributed by atoms with Gasteiger partial charge in [-0.05, 0) is 5.92 Å². The minimum atomic E-state index is 0.486. The minimum absolute atomic E-state index is 0.486. The van der Waals surface area contributed by atoms with Gasteiger partial charge in [-0.2, -0.15) is 0 Å². The van der Waals surface area contributed by atoms with Gasteiger partial charge in [0.05, 0.1) is 0 Å². The third-order valence-electron chi connectivity index (χ3n) is 3.82. The number of aromatic nitrogens is 4. The van der Waals surface area contributed by atoms with Crippen molar-refractivity contribution in [3.63, 3.8) is 0 Å². The summed E-state index contributed by atoms with van der Waals surface area (Å²) >= 11 is 0. The lowest BCUT2D eigenvalue weighted by molar-refractivity contribution is 0.450. The number of rotatable bonds is 2. The van der Waals surface area contributed by atoms with Crippen molar-refractivity contribution in [1.82, 2.24) is 19.9 Å². The molecule has 2 aromatic rings. The van der Waals surface area contributed by atoms with Crippen molar-refractivity contribution in [2.24, 2.45) is 5.92 Å². The highest BCUT2D eigenvalue weighted by molar-refractivity contribution is 5.80. The predicted molar refractivity (Wildman–Crippen MR) is 71.0 cm³/mol. The van der Waals surface area contributed by atoms with Gasteiger partial charge >= 0.3 is 0 Å². The topological polar surface area (TPSA) is 80.5 Å². The lowest BCUT2D eigenvalue weighted by Crippen LogP contribution is -2.04. The molecule has 0 aliphatic heterocycles. The number of hydrogen-bond donors (Lipinski definition) is 2. The van der Waals surface area contributed by atoms with Crippen molar-refractivity contribution in [2.75, 3.05) is 5.73 Å². The Morgan fingerprint density at radius 2 is 1.94 bits per heavy atom. The molecule has 3 rings (SSSR count). The van der Waals surface area contributed by atoms with Crippen LogP contribution in [0, 0.1) is 5.92 Å². The van der Waals surface area contributed by atoms with Crippen LogP contribution in [0.3, 0.4) is 0 Å². The number of imidazole rings is 1. The maximum atomic E-state index is 5.81. The quantitative estimate of drug-likeness (QED) is 0.796. The molecule has 0 unspecified atom stereocenters. The molecule has 0 atom stereocenters. The van der Waals surface area contributed by atoms with Gasteiger partial charge in [0.2, 0.25) is 0 Å². The molecule has 5 nitrogen and oxygen atoms in total. The lowest BCUT2D eigenvalue weighted by atomic mass is 9.96. The third-order valence-corrected chi connectivity index (χ3v) is 3.82. The van der Waals surface area contributed by atoms with E-state index in [-0.39, 0.29) is 0 Å². The van der Waals surface area contributed by atoms with Gasteiger partial charge in [0.1, 0.15) is 17.7 Å². The fraction of sp³-hybridized carbons (Fsp3) is 0.615. The number of fused-ring (bicyclic) bond motifs is 1. The molecule has 0 spiro atoms. The zero-order chi connectivity index (χ0) is 12.4. The van der Waals surface area contributed by atoms with Crippen LogP contribution in [0.2, 0.25) is 0 Å². The Kier molecular flexibility index (Phi) is 3.13. The molecule has 2 heterocycles. The molecule has 1 aliphatic rings. The van der Waals surface area contributed by atoms with Gasteiger partial charge in [0.25, 0.3) is 0 Å². The monoisotopic (exact) mass is 245 g/mol. The van der Waals surface area contributed by atoms with Gasteiger partial charge in [-0.1, -0.05) is 38.5 Å². The van der Waals surface area contributed by atoms with Gasteiger partial charge in [-0.3, -0.25) is 0 Å². The average Bonchev–Trinajstić information content (AvgIpc) is 2.60.